The molecule has 0 amide bonds. The van der Waals surface area contributed by atoms with Crippen LogP contribution in [-0.4, -0.2) is 64.5 Å². The maximum Gasteiger partial charge on any atom is 0.0613 e. The number of nitrogens with zero attached hydrogens (tertiary/aromatic N) is 2. The van der Waals surface area contributed by atoms with Crippen molar-refractivity contribution in [3.8, 4) is 0 Å². The van der Waals surface area contributed by atoms with Gasteiger partial charge < -0.3 is 14.5 Å². The summed E-state index contributed by atoms with van der Waals surface area (Å²) in [6, 6.07) is 0. The molecule has 0 unspecified atom stereocenters. The third-order valence-corrected chi connectivity index (χ3v) is 1.60. The number of hydroxylamine groups is 2. The Balaban J connectivity index is 3.39. The standard InChI is InChI=1S/C8H20N2O2/c1-9(2)5-6-10(12-4)7-8-11-3/h5-8H2,1-4H3. The highest BCUT2D eigenvalue weighted by Crippen LogP contribution is 1.88. The number of methoxy groups -OCH3 is 1. The van der Waals surface area contributed by atoms with Crippen molar-refractivity contribution in [3.05, 3.63) is 0 Å². The van der Waals surface area contributed by atoms with Crippen LogP contribution in [0, 0.1) is 0 Å². The van der Waals surface area contributed by atoms with E-state index in [-0.39, 0.29) is 0 Å². The lowest BCUT2D eigenvalue weighted by molar-refractivity contribution is -0.140. The van der Waals surface area contributed by atoms with Gasteiger partial charge in [-0.1, -0.05) is 0 Å². The zero-order chi connectivity index (χ0) is 9.40. The molecule has 0 aromatic heterocycles. The zero-order valence-electron chi connectivity index (χ0n) is 8.54. The van der Waals surface area contributed by atoms with Crippen molar-refractivity contribution in [2.24, 2.45) is 0 Å². The molecule has 0 saturated heterocycles. The summed E-state index contributed by atoms with van der Waals surface area (Å²) in [6.45, 7) is 3.44. The average molecular weight is 176 g/mol. The second-order valence-corrected chi connectivity index (χ2v) is 2.91. The molecule has 0 atom stereocenters. The Morgan fingerprint density at radius 3 is 2.08 bits per heavy atom. The smallest absolute Gasteiger partial charge is 0.0613 e. The van der Waals surface area contributed by atoms with E-state index in [4.69, 9.17) is 9.57 Å². The summed E-state index contributed by atoms with van der Waals surface area (Å²) in [5.74, 6) is 0. The minimum atomic E-state index is 0.710. The third-order valence-electron chi connectivity index (χ3n) is 1.60. The van der Waals surface area contributed by atoms with E-state index >= 15 is 0 Å². The number of rotatable bonds is 7. The SMILES string of the molecule is COCCN(CCN(C)C)OC. The first-order valence-electron chi connectivity index (χ1n) is 4.13. The summed E-state index contributed by atoms with van der Waals surface area (Å²) in [5.41, 5.74) is 0. The Labute approximate surface area is 75.0 Å². The summed E-state index contributed by atoms with van der Waals surface area (Å²) < 4.78 is 4.95. The van der Waals surface area contributed by atoms with Crippen molar-refractivity contribution < 1.29 is 9.57 Å². The third kappa shape index (κ3) is 6.54. The Bertz CT molecular complexity index is 99.1. The van der Waals surface area contributed by atoms with Crippen LogP contribution in [0.2, 0.25) is 0 Å². The van der Waals surface area contributed by atoms with Gasteiger partial charge >= 0.3 is 0 Å². The van der Waals surface area contributed by atoms with Crippen molar-refractivity contribution in [1.29, 1.82) is 0 Å². The summed E-state index contributed by atoms with van der Waals surface area (Å²) in [7, 11) is 7.47. The maximum atomic E-state index is 5.13. The normalized spacial score (nSPS) is 11.5. The molecule has 0 aliphatic rings. The Hall–Kier alpha value is -0.160. The molecule has 4 nitrogen and oxygen atoms in total. The highest BCUT2D eigenvalue weighted by Gasteiger charge is 2.02. The highest BCUT2D eigenvalue weighted by atomic mass is 16.7. The van der Waals surface area contributed by atoms with E-state index in [1.807, 2.05) is 19.2 Å². The van der Waals surface area contributed by atoms with Gasteiger partial charge in [0.15, 0.2) is 0 Å². The summed E-state index contributed by atoms with van der Waals surface area (Å²) >= 11 is 0. The van der Waals surface area contributed by atoms with Gasteiger partial charge in [0.05, 0.1) is 13.7 Å². The second kappa shape index (κ2) is 7.49. The molecular formula is C8H20N2O2. The predicted octanol–water partition coefficient (Wildman–Crippen LogP) is 0.0578. The Morgan fingerprint density at radius 1 is 1.00 bits per heavy atom. The van der Waals surface area contributed by atoms with Crippen molar-refractivity contribution in [1.82, 2.24) is 9.96 Å². The van der Waals surface area contributed by atoms with Crippen molar-refractivity contribution >= 4 is 0 Å². The summed E-state index contributed by atoms with van der Waals surface area (Å²) in [4.78, 5) is 7.25. The van der Waals surface area contributed by atoms with Crippen LogP contribution < -0.4 is 0 Å². The van der Waals surface area contributed by atoms with E-state index in [1.165, 1.54) is 0 Å². The molecule has 0 aromatic carbocycles. The van der Waals surface area contributed by atoms with Gasteiger partial charge in [0.1, 0.15) is 0 Å². The van der Waals surface area contributed by atoms with Crippen LogP contribution in [0.3, 0.4) is 0 Å². The molecule has 0 saturated carbocycles. The molecule has 0 spiro atoms. The van der Waals surface area contributed by atoms with Crippen molar-refractivity contribution in [2.75, 3.05) is 54.6 Å². The largest absolute Gasteiger partial charge is 0.383 e. The molecule has 0 bridgehead atoms. The van der Waals surface area contributed by atoms with Gasteiger partial charge in [0.2, 0.25) is 0 Å². The van der Waals surface area contributed by atoms with Gasteiger partial charge in [-0.25, -0.2) is 0 Å². The fraction of sp³-hybridized carbons (Fsp3) is 1.00. The molecule has 4 heteroatoms. The highest BCUT2D eigenvalue weighted by molar-refractivity contribution is 4.49. The first-order valence-corrected chi connectivity index (χ1v) is 4.13. The molecule has 0 rings (SSSR count). The lowest BCUT2D eigenvalue weighted by atomic mass is 10.5. The van der Waals surface area contributed by atoms with Crippen LogP contribution in [-0.2, 0) is 9.57 Å². The number of hydrogen-bond acceptors (Lipinski definition) is 4. The number of likely N-dealkylation sites (N-methyl/N-ethyl adjacent to an activating group) is 1. The van der Waals surface area contributed by atoms with Gasteiger partial charge in [-0.3, -0.25) is 0 Å². The van der Waals surface area contributed by atoms with Crippen LogP contribution >= 0.6 is 0 Å². The molecule has 0 heterocycles. The Morgan fingerprint density at radius 2 is 1.67 bits per heavy atom. The van der Waals surface area contributed by atoms with E-state index in [1.54, 1.807) is 14.2 Å². The first kappa shape index (κ1) is 11.8. The summed E-state index contributed by atoms with van der Waals surface area (Å²) in [5, 5.41) is 1.89. The van der Waals surface area contributed by atoms with E-state index in [0.29, 0.717) is 6.61 Å². The van der Waals surface area contributed by atoms with Crippen LogP contribution in [0.5, 0.6) is 0 Å². The Kier molecular flexibility index (Phi) is 7.39. The quantitative estimate of drug-likeness (QED) is 0.512. The molecule has 0 N–H and O–H groups in total. The lowest BCUT2D eigenvalue weighted by Crippen LogP contribution is -2.33. The van der Waals surface area contributed by atoms with Crippen molar-refractivity contribution in [2.45, 2.75) is 0 Å². The van der Waals surface area contributed by atoms with Gasteiger partial charge in [0, 0.05) is 26.7 Å². The molecule has 0 aliphatic carbocycles. The first-order chi connectivity index (χ1) is 5.70. The van der Waals surface area contributed by atoms with Gasteiger partial charge in [-0.2, -0.15) is 5.06 Å². The van der Waals surface area contributed by atoms with E-state index < -0.39 is 0 Å². The van der Waals surface area contributed by atoms with E-state index in [2.05, 4.69) is 4.90 Å². The molecule has 74 valence electrons. The summed E-state index contributed by atoms with van der Waals surface area (Å²) in [6.07, 6.45) is 0. The fourth-order valence-electron chi connectivity index (χ4n) is 0.799. The van der Waals surface area contributed by atoms with Crippen LogP contribution in [0.4, 0.5) is 0 Å². The van der Waals surface area contributed by atoms with Crippen LogP contribution in [0.15, 0.2) is 0 Å². The van der Waals surface area contributed by atoms with Gasteiger partial charge in [-0.05, 0) is 14.1 Å². The topological polar surface area (TPSA) is 24.9 Å². The monoisotopic (exact) mass is 176 g/mol. The zero-order valence-corrected chi connectivity index (χ0v) is 8.54. The second-order valence-electron chi connectivity index (χ2n) is 2.91. The van der Waals surface area contributed by atoms with Gasteiger partial charge in [0.25, 0.3) is 0 Å². The van der Waals surface area contributed by atoms with E-state index in [9.17, 15) is 0 Å². The average Bonchev–Trinajstić information content (AvgIpc) is 2.05. The molecule has 0 radical (unpaired) electrons. The molecular weight excluding hydrogens is 156 g/mol. The molecule has 0 aliphatic heterocycles. The minimum absolute atomic E-state index is 0.710. The van der Waals surface area contributed by atoms with Crippen molar-refractivity contribution in [3.63, 3.8) is 0 Å². The van der Waals surface area contributed by atoms with E-state index in [0.717, 1.165) is 19.6 Å². The van der Waals surface area contributed by atoms with Gasteiger partial charge in [-0.15, -0.1) is 0 Å². The predicted molar refractivity (Wildman–Crippen MR) is 49.0 cm³/mol. The lowest BCUT2D eigenvalue weighted by Gasteiger charge is -2.20. The number of ether oxygens (including phenoxy) is 1. The molecule has 12 heavy (non-hydrogen) atoms. The van der Waals surface area contributed by atoms with Crippen LogP contribution in [0.1, 0.15) is 0 Å². The molecule has 0 fully saturated rings. The maximum absolute atomic E-state index is 5.13. The number of hydrogen-bond donors (Lipinski definition) is 0. The van der Waals surface area contributed by atoms with Crippen LogP contribution in [0.25, 0.3) is 0 Å². The molecule has 0 aromatic rings. The minimum Gasteiger partial charge on any atom is -0.383 e. The fourth-order valence-corrected chi connectivity index (χ4v) is 0.799.